The molecule has 0 unspecified atom stereocenters. The van der Waals surface area contributed by atoms with Crippen LogP contribution in [0.2, 0.25) is 0 Å². The van der Waals surface area contributed by atoms with Crippen LogP contribution in [0.25, 0.3) is 0 Å². The Balaban J connectivity index is 1.68. The number of piperidine rings is 1. The molecule has 2 aliphatic heterocycles. The van der Waals surface area contributed by atoms with E-state index in [4.69, 9.17) is 4.74 Å². The number of nitrogens with one attached hydrogen (secondary N) is 1. The number of benzene rings is 1. The molecular formula is C20H23F4N3O4. The number of likely N-dealkylation sites (tertiary alicyclic amines) is 1. The first kappa shape index (κ1) is 22.8. The van der Waals surface area contributed by atoms with Crippen molar-refractivity contribution in [3.05, 3.63) is 29.8 Å². The lowest BCUT2D eigenvalue weighted by molar-refractivity contribution is -0.253. The lowest BCUT2D eigenvalue weighted by Gasteiger charge is -2.36. The maximum atomic E-state index is 13.0. The molecule has 11 heteroatoms. The largest absolute Gasteiger partial charge is 0.461 e. The lowest BCUT2D eigenvalue weighted by atomic mass is 9.88. The zero-order chi connectivity index (χ0) is 23.0. The molecule has 0 aromatic heterocycles. The summed E-state index contributed by atoms with van der Waals surface area (Å²) < 4.78 is 59.9. The molecule has 1 fully saturated rings. The Morgan fingerprint density at radius 3 is 2.26 bits per heavy atom. The number of hydrogen-bond donors (Lipinski definition) is 1. The van der Waals surface area contributed by atoms with E-state index in [0.29, 0.717) is 18.4 Å². The highest BCUT2D eigenvalue weighted by molar-refractivity contribution is 6.15. The van der Waals surface area contributed by atoms with Gasteiger partial charge in [0.15, 0.2) is 0 Å². The van der Waals surface area contributed by atoms with Crippen molar-refractivity contribution in [3.8, 4) is 5.75 Å². The summed E-state index contributed by atoms with van der Waals surface area (Å²) in [5.41, 5.74) is -1.25. The number of carbonyl (C=O) groups is 2. The molecule has 3 rings (SSSR count). The second kappa shape index (κ2) is 8.01. The van der Waals surface area contributed by atoms with Gasteiger partial charge in [-0.15, -0.1) is 0 Å². The number of ether oxygens (including phenoxy) is 2. The lowest BCUT2D eigenvalue weighted by Crippen LogP contribution is -2.51. The fourth-order valence-corrected chi connectivity index (χ4v) is 3.26. The molecule has 1 aromatic carbocycles. The van der Waals surface area contributed by atoms with Gasteiger partial charge in [-0.2, -0.15) is 17.6 Å². The third-order valence-electron chi connectivity index (χ3n) is 4.86. The SMILES string of the molecule is CC(C)(C)OC(=O)N1CCC2(CC1)N=C(c1ccc(OC(F)(F)C(F)F)cc1)NC2=O. The first-order valence-electron chi connectivity index (χ1n) is 9.66. The molecule has 0 bridgehead atoms. The van der Waals surface area contributed by atoms with Crippen LogP contribution in [0.4, 0.5) is 22.4 Å². The molecule has 1 aromatic rings. The topological polar surface area (TPSA) is 80.2 Å². The number of aliphatic imine (C=N–C) groups is 1. The van der Waals surface area contributed by atoms with Crippen LogP contribution in [0, 0.1) is 0 Å². The highest BCUT2D eigenvalue weighted by Crippen LogP contribution is 2.32. The third-order valence-corrected chi connectivity index (χ3v) is 4.86. The first-order chi connectivity index (χ1) is 14.3. The van der Waals surface area contributed by atoms with Gasteiger partial charge in [-0.25, -0.2) is 4.79 Å². The molecule has 31 heavy (non-hydrogen) atoms. The summed E-state index contributed by atoms with van der Waals surface area (Å²) in [5, 5.41) is 2.67. The smallest absolute Gasteiger partial charge is 0.444 e. The summed E-state index contributed by atoms with van der Waals surface area (Å²) in [6.07, 6.45) is -8.43. The fraction of sp³-hybridized carbons (Fsp3) is 0.550. The van der Waals surface area contributed by atoms with Crippen molar-refractivity contribution in [1.29, 1.82) is 0 Å². The van der Waals surface area contributed by atoms with E-state index in [9.17, 15) is 27.2 Å². The summed E-state index contributed by atoms with van der Waals surface area (Å²) in [6.45, 7) is 5.87. The predicted octanol–water partition coefficient (Wildman–Crippen LogP) is 3.57. The van der Waals surface area contributed by atoms with E-state index in [2.05, 4.69) is 15.0 Å². The average molecular weight is 445 g/mol. The van der Waals surface area contributed by atoms with Gasteiger partial charge < -0.3 is 19.7 Å². The minimum Gasteiger partial charge on any atom is -0.444 e. The van der Waals surface area contributed by atoms with Crippen LogP contribution < -0.4 is 10.1 Å². The molecule has 1 saturated heterocycles. The van der Waals surface area contributed by atoms with Crippen LogP contribution in [-0.2, 0) is 9.53 Å². The molecule has 7 nitrogen and oxygen atoms in total. The Kier molecular flexibility index (Phi) is 5.90. The van der Waals surface area contributed by atoms with Crippen LogP contribution in [0.3, 0.4) is 0 Å². The minimum absolute atomic E-state index is 0.239. The number of hydrogen-bond acceptors (Lipinski definition) is 5. The van der Waals surface area contributed by atoms with Crippen LogP contribution in [0.15, 0.2) is 29.3 Å². The standard InChI is InChI=1S/C20H23F4N3O4/c1-18(2,3)31-17(29)27-10-8-19(9-11-27)16(28)25-14(26-19)12-4-6-13(7-5-12)30-20(23,24)15(21)22/h4-7,15H,8-11H2,1-3H3,(H,25,26,28). The Morgan fingerprint density at radius 2 is 1.74 bits per heavy atom. The van der Waals surface area contributed by atoms with E-state index in [0.717, 1.165) is 12.1 Å². The highest BCUT2D eigenvalue weighted by atomic mass is 19.3. The number of rotatable bonds is 4. The van der Waals surface area contributed by atoms with Crippen molar-refractivity contribution in [2.45, 2.75) is 57.3 Å². The van der Waals surface area contributed by atoms with E-state index in [1.807, 2.05) is 0 Å². The van der Waals surface area contributed by atoms with Gasteiger partial charge in [0.25, 0.3) is 5.91 Å². The van der Waals surface area contributed by atoms with Crippen molar-refractivity contribution in [2.75, 3.05) is 13.1 Å². The average Bonchev–Trinajstić information content (AvgIpc) is 2.97. The number of amidine groups is 1. The quantitative estimate of drug-likeness (QED) is 0.719. The number of alkyl halides is 4. The van der Waals surface area contributed by atoms with Crippen LogP contribution in [0.5, 0.6) is 5.75 Å². The molecule has 2 heterocycles. The van der Waals surface area contributed by atoms with E-state index in [1.54, 1.807) is 20.8 Å². The molecule has 2 amide bonds. The zero-order valence-corrected chi connectivity index (χ0v) is 17.3. The summed E-state index contributed by atoms with van der Waals surface area (Å²) in [7, 11) is 0. The molecular weight excluding hydrogens is 422 g/mol. The van der Waals surface area contributed by atoms with Gasteiger partial charge in [-0.05, 0) is 57.9 Å². The number of nitrogens with zero attached hydrogens (tertiary/aromatic N) is 2. The van der Waals surface area contributed by atoms with E-state index < -0.39 is 35.5 Å². The van der Waals surface area contributed by atoms with Gasteiger partial charge in [-0.3, -0.25) is 9.79 Å². The Morgan fingerprint density at radius 1 is 1.16 bits per heavy atom. The maximum absolute atomic E-state index is 13.0. The zero-order valence-electron chi connectivity index (χ0n) is 17.3. The molecule has 0 atom stereocenters. The van der Waals surface area contributed by atoms with Gasteiger partial charge in [0, 0.05) is 18.7 Å². The molecule has 0 radical (unpaired) electrons. The first-order valence-corrected chi connectivity index (χ1v) is 9.66. The molecule has 0 saturated carbocycles. The monoisotopic (exact) mass is 445 g/mol. The molecule has 2 aliphatic rings. The van der Waals surface area contributed by atoms with Gasteiger partial charge in [0.05, 0.1) is 0 Å². The second-order valence-electron chi connectivity index (χ2n) is 8.40. The summed E-state index contributed by atoms with van der Waals surface area (Å²) >= 11 is 0. The third kappa shape index (κ3) is 5.08. The predicted molar refractivity (Wildman–Crippen MR) is 102 cm³/mol. The van der Waals surface area contributed by atoms with Gasteiger partial charge in [0.1, 0.15) is 22.7 Å². The van der Waals surface area contributed by atoms with Crippen molar-refractivity contribution in [1.82, 2.24) is 10.2 Å². The number of amides is 2. The van der Waals surface area contributed by atoms with Crippen molar-refractivity contribution in [2.24, 2.45) is 4.99 Å². The van der Waals surface area contributed by atoms with E-state index in [-0.39, 0.29) is 24.8 Å². The van der Waals surface area contributed by atoms with Gasteiger partial charge in [0.2, 0.25) is 0 Å². The Labute approximate surface area is 176 Å². The molecule has 1 spiro atoms. The summed E-state index contributed by atoms with van der Waals surface area (Å²) in [4.78, 5) is 30.8. The van der Waals surface area contributed by atoms with E-state index in [1.165, 1.54) is 17.0 Å². The number of halogens is 4. The van der Waals surface area contributed by atoms with Gasteiger partial charge >= 0.3 is 18.6 Å². The number of carbonyl (C=O) groups excluding carboxylic acids is 2. The fourth-order valence-electron chi connectivity index (χ4n) is 3.26. The Hall–Kier alpha value is -2.85. The van der Waals surface area contributed by atoms with E-state index >= 15 is 0 Å². The molecule has 1 N–H and O–H groups in total. The van der Waals surface area contributed by atoms with Crippen molar-refractivity contribution in [3.63, 3.8) is 0 Å². The normalized spacial score (nSPS) is 18.8. The molecule has 170 valence electrons. The Bertz CT molecular complexity index is 873. The highest BCUT2D eigenvalue weighted by Gasteiger charge is 2.47. The van der Waals surface area contributed by atoms with Gasteiger partial charge in [-0.1, -0.05) is 0 Å². The molecule has 0 aliphatic carbocycles. The minimum atomic E-state index is -4.60. The summed E-state index contributed by atoms with van der Waals surface area (Å²) in [6, 6.07) is 4.86. The van der Waals surface area contributed by atoms with Crippen LogP contribution in [-0.4, -0.2) is 59.5 Å². The van der Waals surface area contributed by atoms with Crippen LogP contribution in [0.1, 0.15) is 39.2 Å². The second-order valence-corrected chi connectivity index (χ2v) is 8.40. The van der Waals surface area contributed by atoms with Crippen molar-refractivity contribution >= 4 is 17.8 Å². The van der Waals surface area contributed by atoms with Crippen molar-refractivity contribution < 1.29 is 36.6 Å². The maximum Gasteiger partial charge on any atom is 0.461 e. The summed E-state index contributed by atoms with van der Waals surface area (Å²) in [5.74, 6) is -0.529. The van der Waals surface area contributed by atoms with Crippen LogP contribution >= 0.6 is 0 Å².